The molecule has 3 rings (SSSR count). The van der Waals surface area contributed by atoms with Crippen molar-refractivity contribution >= 4 is 23.3 Å². The van der Waals surface area contributed by atoms with Gasteiger partial charge in [0, 0.05) is 37.3 Å². The quantitative estimate of drug-likeness (QED) is 0.629. The molecule has 0 saturated carbocycles. The van der Waals surface area contributed by atoms with Crippen LogP contribution in [0.3, 0.4) is 0 Å². The number of ether oxygens (including phenoxy) is 1. The van der Waals surface area contributed by atoms with Gasteiger partial charge in [-0.1, -0.05) is 17.7 Å². The number of halogens is 1. The molecular formula is C23H31ClN4O3. The molecule has 1 aromatic carbocycles. The van der Waals surface area contributed by atoms with Crippen LogP contribution in [0.15, 0.2) is 35.1 Å². The van der Waals surface area contributed by atoms with Crippen molar-refractivity contribution < 1.29 is 9.53 Å². The molecule has 2 aromatic rings. The Hall–Kier alpha value is -2.38. The normalized spacial score (nSPS) is 16.5. The summed E-state index contributed by atoms with van der Waals surface area (Å²) in [4.78, 5) is 27.1. The van der Waals surface area contributed by atoms with Gasteiger partial charge in [-0.2, -0.15) is 4.68 Å². The molecule has 1 amide bonds. The molecule has 168 valence electrons. The minimum absolute atomic E-state index is 0.0629. The van der Waals surface area contributed by atoms with Crippen LogP contribution in [0.1, 0.15) is 38.7 Å². The molecule has 2 heterocycles. The smallest absolute Gasteiger partial charge is 0.271 e. The number of nitrogens with zero attached hydrogens (tertiary/aromatic N) is 3. The first-order valence-electron chi connectivity index (χ1n) is 10.9. The molecule has 1 fully saturated rings. The topological polar surface area (TPSA) is 76.5 Å². The maximum atomic E-state index is 12.6. The Bertz CT molecular complexity index is 960. The molecule has 0 spiro atoms. The van der Waals surface area contributed by atoms with Crippen molar-refractivity contribution in [3.05, 3.63) is 51.3 Å². The number of carbonyl (C=O) groups is 1. The third kappa shape index (κ3) is 6.31. The van der Waals surface area contributed by atoms with Crippen LogP contribution in [0.4, 0.5) is 5.82 Å². The van der Waals surface area contributed by atoms with Crippen LogP contribution in [0.2, 0.25) is 5.02 Å². The molecule has 1 N–H and O–H groups in total. The number of rotatable bonds is 8. The molecule has 31 heavy (non-hydrogen) atoms. The summed E-state index contributed by atoms with van der Waals surface area (Å²) in [6.45, 7) is 8.54. The molecule has 1 aliphatic rings. The summed E-state index contributed by atoms with van der Waals surface area (Å²) >= 11 is 6.23. The largest absolute Gasteiger partial charge is 0.379 e. The number of anilines is 1. The predicted molar refractivity (Wildman–Crippen MR) is 123 cm³/mol. The third-order valence-electron chi connectivity index (χ3n) is 5.37. The first-order valence-corrected chi connectivity index (χ1v) is 11.2. The predicted octanol–water partition coefficient (Wildman–Crippen LogP) is 3.34. The molecule has 1 unspecified atom stereocenters. The lowest BCUT2D eigenvalue weighted by Crippen LogP contribution is -2.44. The van der Waals surface area contributed by atoms with Crippen LogP contribution in [-0.4, -0.2) is 48.0 Å². The number of hydrogen-bond acceptors (Lipinski definition) is 5. The summed E-state index contributed by atoms with van der Waals surface area (Å²) < 4.78 is 6.87. The highest BCUT2D eigenvalue weighted by Gasteiger charge is 2.26. The van der Waals surface area contributed by atoms with Gasteiger partial charge >= 0.3 is 0 Å². The summed E-state index contributed by atoms with van der Waals surface area (Å²) in [5.41, 5.74) is 1.34. The minimum atomic E-state index is -0.224. The lowest BCUT2D eigenvalue weighted by molar-refractivity contribution is -0.125. The van der Waals surface area contributed by atoms with Crippen molar-refractivity contribution in [2.75, 3.05) is 31.1 Å². The Kier molecular flexibility index (Phi) is 8.09. The van der Waals surface area contributed by atoms with E-state index in [2.05, 4.69) is 15.3 Å². The first kappa shape index (κ1) is 23.3. The van der Waals surface area contributed by atoms with E-state index in [4.69, 9.17) is 16.3 Å². The lowest BCUT2D eigenvalue weighted by atomic mass is 9.97. The van der Waals surface area contributed by atoms with E-state index in [0.29, 0.717) is 36.2 Å². The number of amides is 1. The number of benzene rings is 1. The van der Waals surface area contributed by atoms with E-state index in [9.17, 15) is 9.59 Å². The molecule has 0 bridgehead atoms. The van der Waals surface area contributed by atoms with Crippen LogP contribution in [0.5, 0.6) is 0 Å². The van der Waals surface area contributed by atoms with Gasteiger partial charge in [0.1, 0.15) is 5.82 Å². The maximum Gasteiger partial charge on any atom is 0.271 e. The second-order valence-electron chi connectivity index (χ2n) is 8.22. The number of piperidine rings is 1. The molecule has 1 aliphatic heterocycles. The second-order valence-corrected chi connectivity index (χ2v) is 8.63. The van der Waals surface area contributed by atoms with Crippen LogP contribution < -0.4 is 15.8 Å². The monoisotopic (exact) mass is 446 g/mol. The summed E-state index contributed by atoms with van der Waals surface area (Å²) in [6, 6.07) is 8.66. The Morgan fingerprint density at radius 2 is 2.13 bits per heavy atom. The van der Waals surface area contributed by atoms with Gasteiger partial charge in [0.05, 0.1) is 17.7 Å². The Morgan fingerprint density at radius 3 is 2.87 bits per heavy atom. The summed E-state index contributed by atoms with van der Waals surface area (Å²) in [5, 5.41) is 8.17. The van der Waals surface area contributed by atoms with Crippen molar-refractivity contribution in [1.82, 2.24) is 15.1 Å². The van der Waals surface area contributed by atoms with E-state index in [1.807, 2.05) is 32.9 Å². The summed E-state index contributed by atoms with van der Waals surface area (Å²) in [7, 11) is 0. The number of aromatic nitrogens is 2. The number of nitrogens with one attached hydrogen (secondary N) is 1. The fourth-order valence-electron chi connectivity index (χ4n) is 3.62. The number of carbonyl (C=O) groups excluding carboxylic acids is 1. The Morgan fingerprint density at radius 1 is 1.32 bits per heavy atom. The molecular weight excluding hydrogens is 416 g/mol. The van der Waals surface area contributed by atoms with E-state index in [-0.39, 0.29) is 23.5 Å². The third-order valence-corrected chi connectivity index (χ3v) is 5.78. The molecule has 8 heteroatoms. The van der Waals surface area contributed by atoms with Gasteiger partial charge in [0.25, 0.3) is 5.56 Å². The fraction of sp³-hybridized carbons (Fsp3) is 0.522. The second kappa shape index (κ2) is 10.8. The van der Waals surface area contributed by atoms with Gasteiger partial charge < -0.3 is 15.0 Å². The molecule has 0 aliphatic carbocycles. The van der Waals surface area contributed by atoms with E-state index in [0.717, 1.165) is 31.4 Å². The molecule has 1 atom stereocenters. The highest BCUT2D eigenvalue weighted by molar-refractivity contribution is 6.31. The Balaban J connectivity index is 1.65. The van der Waals surface area contributed by atoms with Crippen molar-refractivity contribution in [3.8, 4) is 5.69 Å². The van der Waals surface area contributed by atoms with Gasteiger partial charge in [-0.3, -0.25) is 9.59 Å². The van der Waals surface area contributed by atoms with E-state index in [1.165, 1.54) is 10.7 Å². The van der Waals surface area contributed by atoms with Gasteiger partial charge in [0.2, 0.25) is 5.91 Å². The SMILES string of the molecule is Cc1ccc(-n2nc(N3CCCC(C(=O)NCCCOC(C)C)C3)ccc2=O)cc1Cl. The molecule has 7 nitrogen and oxygen atoms in total. The van der Waals surface area contributed by atoms with Gasteiger partial charge in [-0.15, -0.1) is 5.10 Å². The van der Waals surface area contributed by atoms with Crippen LogP contribution in [0.25, 0.3) is 5.69 Å². The Labute approximate surface area is 188 Å². The van der Waals surface area contributed by atoms with E-state index < -0.39 is 0 Å². The van der Waals surface area contributed by atoms with Crippen molar-refractivity contribution in [2.24, 2.45) is 5.92 Å². The van der Waals surface area contributed by atoms with Crippen molar-refractivity contribution in [1.29, 1.82) is 0 Å². The average molecular weight is 447 g/mol. The fourth-order valence-corrected chi connectivity index (χ4v) is 3.79. The first-order chi connectivity index (χ1) is 14.8. The number of aryl methyl sites for hydroxylation is 1. The van der Waals surface area contributed by atoms with Crippen LogP contribution >= 0.6 is 11.6 Å². The highest BCUT2D eigenvalue weighted by Crippen LogP contribution is 2.22. The van der Waals surface area contributed by atoms with Gasteiger partial charge in [-0.05, 0) is 63.8 Å². The zero-order valence-electron chi connectivity index (χ0n) is 18.4. The van der Waals surface area contributed by atoms with E-state index in [1.54, 1.807) is 12.1 Å². The maximum absolute atomic E-state index is 12.6. The molecule has 1 saturated heterocycles. The van der Waals surface area contributed by atoms with Crippen molar-refractivity contribution in [2.45, 2.75) is 46.1 Å². The minimum Gasteiger partial charge on any atom is -0.379 e. The summed E-state index contributed by atoms with van der Waals surface area (Å²) in [6.07, 6.45) is 2.74. The zero-order valence-corrected chi connectivity index (χ0v) is 19.2. The van der Waals surface area contributed by atoms with Crippen LogP contribution in [0, 0.1) is 12.8 Å². The molecule has 1 aromatic heterocycles. The van der Waals surface area contributed by atoms with Gasteiger partial charge in [-0.25, -0.2) is 0 Å². The summed E-state index contributed by atoms with van der Waals surface area (Å²) in [5.74, 6) is 0.641. The zero-order chi connectivity index (χ0) is 22.4. The van der Waals surface area contributed by atoms with E-state index >= 15 is 0 Å². The van der Waals surface area contributed by atoms with Crippen LogP contribution in [-0.2, 0) is 9.53 Å². The van der Waals surface area contributed by atoms with Crippen molar-refractivity contribution in [3.63, 3.8) is 0 Å². The lowest BCUT2D eigenvalue weighted by Gasteiger charge is -2.33. The highest BCUT2D eigenvalue weighted by atomic mass is 35.5. The average Bonchev–Trinajstić information content (AvgIpc) is 2.75. The van der Waals surface area contributed by atoms with Gasteiger partial charge in [0.15, 0.2) is 0 Å². The number of hydrogen-bond donors (Lipinski definition) is 1. The standard InChI is InChI=1S/C23H31ClN4O3/c1-16(2)31-13-5-11-25-23(30)18-6-4-12-27(15-18)21-9-10-22(29)28(26-21)19-8-7-17(3)20(24)14-19/h7-10,14,16,18H,4-6,11-13,15H2,1-3H3,(H,25,30). The molecule has 0 radical (unpaired) electrons.